The Morgan fingerprint density at radius 3 is 2.66 bits per heavy atom. The molecule has 3 aliphatic rings. The van der Waals surface area contributed by atoms with Crippen LogP contribution in [0.4, 0.5) is 0 Å². The van der Waals surface area contributed by atoms with Gasteiger partial charge in [-0.1, -0.05) is 43.9 Å². The van der Waals surface area contributed by atoms with E-state index in [2.05, 4.69) is 25.7 Å². The predicted octanol–water partition coefficient (Wildman–Crippen LogP) is 4.85. The second kappa shape index (κ2) is 9.20. The van der Waals surface area contributed by atoms with E-state index in [1.165, 1.54) is 6.92 Å². The lowest BCUT2D eigenvalue weighted by molar-refractivity contribution is -0.163. The lowest BCUT2D eigenvalue weighted by Crippen LogP contribution is -2.54. The summed E-state index contributed by atoms with van der Waals surface area (Å²) in [5, 5.41) is 20.6. The number of aliphatic hydroxyl groups excluding tert-OH is 2. The summed E-state index contributed by atoms with van der Waals surface area (Å²) in [6.45, 7) is 6.13. The van der Waals surface area contributed by atoms with Gasteiger partial charge in [-0.15, -0.1) is 0 Å². The summed E-state index contributed by atoms with van der Waals surface area (Å²) < 4.78 is 5.75. The average molecular weight is 439 g/mol. The van der Waals surface area contributed by atoms with E-state index >= 15 is 0 Å². The third-order valence-electron chi connectivity index (χ3n) is 9.24. The Morgan fingerprint density at radius 1 is 1.12 bits per heavy atom. The number of rotatable bonds is 4. The van der Waals surface area contributed by atoms with Gasteiger partial charge in [-0.05, 0) is 79.7 Å². The fourth-order valence-corrected chi connectivity index (χ4v) is 7.40. The van der Waals surface area contributed by atoms with Crippen LogP contribution in [0.5, 0.6) is 0 Å². The first-order chi connectivity index (χ1) is 15.3. The monoisotopic (exact) mass is 438 g/mol. The Balaban J connectivity index is 1.48. The number of hydrogen-bond donors (Lipinski definition) is 2. The first-order valence-electron chi connectivity index (χ1n) is 12.3. The smallest absolute Gasteiger partial charge is 0.302 e. The molecule has 0 amide bonds. The molecule has 0 radical (unpaired) electrons. The Hall–Kier alpha value is -1.83. The van der Waals surface area contributed by atoms with E-state index in [1.54, 1.807) is 0 Å². The van der Waals surface area contributed by atoms with Crippen LogP contribution in [-0.4, -0.2) is 28.4 Å². The number of aliphatic hydroxyl groups is 2. The maximum Gasteiger partial charge on any atom is 0.302 e. The van der Waals surface area contributed by atoms with Gasteiger partial charge in [0.25, 0.3) is 0 Å². The van der Waals surface area contributed by atoms with E-state index in [9.17, 15) is 15.0 Å². The normalized spacial score (nSPS) is 38.2. The minimum absolute atomic E-state index is 0.000467. The van der Waals surface area contributed by atoms with Crippen LogP contribution in [0.15, 0.2) is 24.3 Å². The molecule has 0 heterocycles. The van der Waals surface area contributed by atoms with Crippen molar-refractivity contribution in [2.45, 2.75) is 91.0 Å². The second-order valence-corrected chi connectivity index (χ2v) is 10.8. The van der Waals surface area contributed by atoms with Gasteiger partial charge in [-0.3, -0.25) is 4.79 Å². The second-order valence-electron chi connectivity index (χ2n) is 10.8. The van der Waals surface area contributed by atoms with Crippen LogP contribution >= 0.6 is 0 Å². The highest BCUT2D eigenvalue weighted by atomic mass is 16.5. The van der Waals surface area contributed by atoms with Gasteiger partial charge >= 0.3 is 5.97 Å². The first kappa shape index (κ1) is 23.3. The number of hydrogen-bond acceptors (Lipinski definition) is 4. The van der Waals surface area contributed by atoms with Crippen LogP contribution in [0, 0.1) is 40.4 Å². The summed E-state index contributed by atoms with van der Waals surface area (Å²) in [4.78, 5) is 11.7. The number of benzene rings is 1. The molecule has 0 aromatic heterocycles. The van der Waals surface area contributed by atoms with E-state index in [1.807, 2.05) is 24.3 Å². The highest BCUT2D eigenvalue weighted by molar-refractivity contribution is 5.66. The van der Waals surface area contributed by atoms with Crippen LogP contribution in [0.3, 0.4) is 0 Å². The minimum atomic E-state index is -0.287. The standard InChI is InChI=1S/C28H38O4/c1-19(30)32-26-14-12-23-22-11-13-25(31)27(2,24(22)15-17-28(23,26)3)16-7-6-9-20-8-4-5-10-21(20)18-29/h4-5,8,10,22-26,29,31H,7,11-18H2,1-3H3/t22-,23-,24-,25-,26-,27+,28-/m0/s1. The van der Waals surface area contributed by atoms with E-state index in [0.717, 1.165) is 62.5 Å². The molecule has 0 aliphatic heterocycles. The van der Waals surface area contributed by atoms with E-state index in [4.69, 9.17) is 4.74 Å². The topological polar surface area (TPSA) is 66.8 Å². The average Bonchev–Trinajstić information content (AvgIpc) is 3.10. The number of esters is 1. The largest absolute Gasteiger partial charge is 0.462 e. The molecule has 1 aromatic carbocycles. The van der Waals surface area contributed by atoms with Crippen molar-refractivity contribution in [1.29, 1.82) is 0 Å². The highest BCUT2D eigenvalue weighted by Gasteiger charge is 2.60. The maximum atomic E-state index is 11.7. The van der Waals surface area contributed by atoms with Crippen molar-refractivity contribution >= 4 is 5.97 Å². The molecule has 4 rings (SSSR count). The van der Waals surface area contributed by atoms with Crippen molar-refractivity contribution in [2.24, 2.45) is 28.6 Å². The Labute approximate surface area is 192 Å². The summed E-state index contributed by atoms with van der Waals surface area (Å²) in [6, 6.07) is 7.73. The zero-order valence-electron chi connectivity index (χ0n) is 19.8. The fraction of sp³-hybridized carbons (Fsp3) is 0.679. The SMILES string of the molecule is CC(=O)O[C@H]1CC[C@H]2[C@@H]3CC[C@H](O)[C@](C)(CCC#Cc4ccccc4CO)[C@H]3CC[C@]12C. The van der Waals surface area contributed by atoms with Crippen LogP contribution in [0.1, 0.15) is 83.3 Å². The summed E-state index contributed by atoms with van der Waals surface area (Å²) in [5.74, 6) is 8.04. The molecule has 32 heavy (non-hydrogen) atoms. The summed E-state index contributed by atoms with van der Waals surface area (Å²) in [5.41, 5.74) is 1.69. The number of carbonyl (C=O) groups is 1. The van der Waals surface area contributed by atoms with Crippen LogP contribution in [-0.2, 0) is 16.1 Å². The third kappa shape index (κ3) is 4.11. The predicted molar refractivity (Wildman–Crippen MR) is 124 cm³/mol. The highest BCUT2D eigenvalue weighted by Crippen LogP contribution is 2.64. The van der Waals surface area contributed by atoms with Crippen LogP contribution in [0.2, 0.25) is 0 Å². The molecular weight excluding hydrogens is 400 g/mol. The van der Waals surface area contributed by atoms with Gasteiger partial charge in [0, 0.05) is 24.3 Å². The summed E-state index contributed by atoms with van der Waals surface area (Å²) in [7, 11) is 0. The van der Waals surface area contributed by atoms with Gasteiger partial charge in [-0.25, -0.2) is 0 Å². The Bertz CT molecular complexity index is 898. The van der Waals surface area contributed by atoms with Gasteiger partial charge in [0.2, 0.25) is 0 Å². The summed E-state index contributed by atoms with van der Waals surface area (Å²) >= 11 is 0. The molecule has 7 atom stereocenters. The molecule has 1 aromatic rings. The quantitative estimate of drug-likeness (QED) is 0.521. The van der Waals surface area contributed by atoms with Gasteiger partial charge in [0.1, 0.15) is 6.10 Å². The first-order valence-corrected chi connectivity index (χ1v) is 12.3. The molecule has 0 saturated heterocycles. The third-order valence-corrected chi connectivity index (χ3v) is 9.24. The van der Waals surface area contributed by atoms with Crippen molar-refractivity contribution in [3.8, 4) is 11.8 Å². The molecule has 2 N–H and O–H groups in total. The van der Waals surface area contributed by atoms with Gasteiger partial charge in [0.15, 0.2) is 0 Å². The van der Waals surface area contributed by atoms with Crippen LogP contribution < -0.4 is 0 Å². The van der Waals surface area contributed by atoms with Gasteiger partial charge in [0.05, 0.1) is 12.7 Å². The molecular formula is C28H38O4. The lowest BCUT2D eigenvalue weighted by atomic mass is 9.48. The number of ether oxygens (including phenoxy) is 1. The molecule has 174 valence electrons. The zero-order chi connectivity index (χ0) is 22.9. The van der Waals surface area contributed by atoms with Crippen molar-refractivity contribution in [2.75, 3.05) is 0 Å². The molecule has 0 unspecified atom stereocenters. The maximum absolute atomic E-state index is 11.7. The fourth-order valence-electron chi connectivity index (χ4n) is 7.40. The van der Waals surface area contributed by atoms with Crippen molar-refractivity contribution in [3.63, 3.8) is 0 Å². The van der Waals surface area contributed by atoms with Crippen LogP contribution in [0.25, 0.3) is 0 Å². The molecule has 3 saturated carbocycles. The summed E-state index contributed by atoms with van der Waals surface area (Å²) in [6.07, 6.45) is 7.56. The van der Waals surface area contributed by atoms with Crippen molar-refractivity contribution < 1.29 is 19.7 Å². The molecule has 4 nitrogen and oxygen atoms in total. The lowest BCUT2D eigenvalue weighted by Gasteiger charge is -2.57. The molecule has 0 spiro atoms. The van der Waals surface area contributed by atoms with E-state index in [0.29, 0.717) is 17.8 Å². The van der Waals surface area contributed by atoms with E-state index in [-0.39, 0.29) is 35.6 Å². The number of carbonyl (C=O) groups excluding carboxylic acids is 1. The van der Waals surface area contributed by atoms with Gasteiger partial charge < -0.3 is 14.9 Å². The van der Waals surface area contributed by atoms with E-state index < -0.39 is 0 Å². The molecule has 0 bridgehead atoms. The molecule has 3 fully saturated rings. The van der Waals surface area contributed by atoms with Crippen molar-refractivity contribution in [3.05, 3.63) is 35.4 Å². The number of fused-ring (bicyclic) bond motifs is 3. The van der Waals surface area contributed by atoms with Gasteiger partial charge in [-0.2, -0.15) is 0 Å². The zero-order valence-corrected chi connectivity index (χ0v) is 19.8. The Morgan fingerprint density at radius 2 is 1.91 bits per heavy atom. The Kier molecular flexibility index (Phi) is 6.71. The van der Waals surface area contributed by atoms with Crippen molar-refractivity contribution in [1.82, 2.24) is 0 Å². The molecule has 3 aliphatic carbocycles. The minimum Gasteiger partial charge on any atom is -0.462 e. The molecule has 4 heteroatoms.